The molecular weight excluding hydrogens is 406 g/mol. The zero-order chi connectivity index (χ0) is 22.7. The smallest absolute Gasteiger partial charge is 0.318 e. The van der Waals surface area contributed by atoms with Crippen LogP contribution in [0.5, 0.6) is 5.75 Å². The number of anilines is 1. The minimum Gasteiger partial charge on any atom is -0.497 e. The van der Waals surface area contributed by atoms with E-state index in [4.69, 9.17) is 19.4 Å². The van der Waals surface area contributed by atoms with Crippen LogP contribution in [0.3, 0.4) is 0 Å². The number of nitrogens with zero attached hydrogens (tertiary/aromatic N) is 4. The van der Waals surface area contributed by atoms with Crippen molar-refractivity contribution < 1.29 is 14.3 Å². The Bertz CT molecular complexity index is 967. The molecule has 0 atom stereocenters. The van der Waals surface area contributed by atoms with E-state index < -0.39 is 0 Å². The fraction of sp³-hybridized carbons (Fsp3) is 0.542. The third-order valence-electron chi connectivity index (χ3n) is 5.66. The highest BCUT2D eigenvalue weighted by Crippen LogP contribution is 2.28. The lowest BCUT2D eigenvalue weighted by Crippen LogP contribution is -2.50. The molecule has 2 amide bonds. The van der Waals surface area contributed by atoms with Crippen LogP contribution in [0.25, 0.3) is 0 Å². The van der Waals surface area contributed by atoms with Crippen molar-refractivity contribution in [2.45, 2.75) is 45.7 Å². The lowest BCUT2D eigenvalue weighted by molar-refractivity contribution is 0.122. The van der Waals surface area contributed by atoms with Crippen LogP contribution < -0.4 is 15.0 Å². The number of morpholine rings is 1. The molecule has 0 saturated carbocycles. The SMILES string of the molecule is COc1cccc(Cc2nc3c(c(N4CCOCC4)n2)CN(C(=O)NC(C)(C)C)CC3)c1. The molecule has 0 bridgehead atoms. The van der Waals surface area contributed by atoms with Gasteiger partial charge < -0.3 is 24.6 Å². The van der Waals surface area contributed by atoms with E-state index in [9.17, 15) is 4.79 Å². The number of hydrogen-bond donors (Lipinski definition) is 1. The van der Waals surface area contributed by atoms with Gasteiger partial charge in [0.2, 0.25) is 0 Å². The van der Waals surface area contributed by atoms with E-state index >= 15 is 0 Å². The average molecular weight is 440 g/mol. The van der Waals surface area contributed by atoms with Gasteiger partial charge in [-0.05, 0) is 38.5 Å². The first-order chi connectivity index (χ1) is 15.3. The number of urea groups is 1. The van der Waals surface area contributed by atoms with Crippen LogP contribution >= 0.6 is 0 Å². The summed E-state index contributed by atoms with van der Waals surface area (Å²) in [6.45, 7) is 10.1. The Morgan fingerprint density at radius 2 is 1.97 bits per heavy atom. The Labute approximate surface area is 189 Å². The van der Waals surface area contributed by atoms with Gasteiger partial charge in [0.15, 0.2) is 0 Å². The van der Waals surface area contributed by atoms with Gasteiger partial charge in [-0.3, -0.25) is 0 Å². The van der Waals surface area contributed by atoms with Crippen LogP contribution in [0.1, 0.15) is 43.4 Å². The van der Waals surface area contributed by atoms with Gasteiger partial charge in [0.1, 0.15) is 17.4 Å². The molecule has 0 radical (unpaired) electrons. The molecule has 4 rings (SSSR count). The van der Waals surface area contributed by atoms with Crippen LogP contribution in [0.15, 0.2) is 24.3 Å². The molecule has 0 aliphatic carbocycles. The van der Waals surface area contributed by atoms with Crippen LogP contribution in [0, 0.1) is 0 Å². The second-order valence-corrected chi connectivity index (χ2v) is 9.37. The van der Waals surface area contributed by atoms with Crippen molar-refractivity contribution in [3.8, 4) is 5.75 Å². The number of carbonyl (C=O) groups is 1. The van der Waals surface area contributed by atoms with Crippen LogP contribution in [0.4, 0.5) is 10.6 Å². The average Bonchev–Trinajstić information content (AvgIpc) is 2.78. The second-order valence-electron chi connectivity index (χ2n) is 9.37. The highest BCUT2D eigenvalue weighted by atomic mass is 16.5. The molecule has 8 nitrogen and oxygen atoms in total. The number of nitrogens with one attached hydrogen (secondary N) is 1. The molecule has 1 saturated heterocycles. The van der Waals surface area contributed by atoms with Gasteiger partial charge in [-0.2, -0.15) is 0 Å². The summed E-state index contributed by atoms with van der Waals surface area (Å²) < 4.78 is 10.9. The van der Waals surface area contributed by atoms with Crippen molar-refractivity contribution in [2.75, 3.05) is 44.9 Å². The van der Waals surface area contributed by atoms with Crippen molar-refractivity contribution >= 4 is 11.8 Å². The maximum atomic E-state index is 12.8. The van der Waals surface area contributed by atoms with Crippen molar-refractivity contribution in [3.63, 3.8) is 0 Å². The van der Waals surface area contributed by atoms with Crippen molar-refractivity contribution in [2.24, 2.45) is 0 Å². The largest absolute Gasteiger partial charge is 0.497 e. The standard InChI is InChI=1S/C24H33N5O3/c1-24(2,3)27-23(30)29-9-8-20-19(16-29)22(28-10-12-32-13-11-28)26-21(25-20)15-17-6-5-7-18(14-17)31-4/h5-7,14H,8-13,15-16H2,1-4H3,(H,27,30). The molecule has 2 aliphatic rings. The lowest BCUT2D eigenvalue weighted by atomic mass is 10.0. The molecule has 2 aliphatic heterocycles. The summed E-state index contributed by atoms with van der Waals surface area (Å²) in [7, 11) is 1.67. The van der Waals surface area contributed by atoms with E-state index in [0.29, 0.717) is 32.7 Å². The third-order valence-corrected chi connectivity index (χ3v) is 5.66. The first-order valence-electron chi connectivity index (χ1n) is 11.2. The number of methoxy groups -OCH3 is 1. The summed E-state index contributed by atoms with van der Waals surface area (Å²) in [4.78, 5) is 26.8. The molecule has 0 spiro atoms. The Morgan fingerprint density at radius 1 is 1.19 bits per heavy atom. The Balaban J connectivity index is 1.64. The number of benzene rings is 1. The van der Waals surface area contributed by atoms with Gasteiger partial charge in [-0.1, -0.05) is 12.1 Å². The van der Waals surface area contributed by atoms with Crippen LogP contribution in [-0.2, 0) is 24.1 Å². The molecular formula is C24H33N5O3. The van der Waals surface area contributed by atoms with Gasteiger partial charge in [0.05, 0.1) is 32.6 Å². The van der Waals surface area contributed by atoms with Crippen LogP contribution in [0.2, 0.25) is 0 Å². The van der Waals surface area contributed by atoms with Gasteiger partial charge in [-0.15, -0.1) is 0 Å². The molecule has 1 aromatic heterocycles. The molecule has 3 heterocycles. The number of rotatable bonds is 4. The summed E-state index contributed by atoms with van der Waals surface area (Å²) >= 11 is 0. The number of fused-ring (bicyclic) bond motifs is 1. The maximum absolute atomic E-state index is 12.8. The summed E-state index contributed by atoms with van der Waals surface area (Å²) in [6.07, 6.45) is 1.36. The molecule has 1 N–H and O–H groups in total. The monoisotopic (exact) mass is 439 g/mol. The van der Waals surface area contributed by atoms with E-state index in [-0.39, 0.29) is 11.6 Å². The minimum atomic E-state index is -0.276. The molecule has 8 heteroatoms. The van der Waals surface area contributed by atoms with Gasteiger partial charge >= 0.3 is 6.03 Å². The molecule has 1 fully saturated rings. The fourth-order valence-corrected chi connectivity index (χ4v) is 4.10. The third kappa shape index (κ3) is 5.30. The van der Waals surface area contributed by atoms with Crippen molar-refractivity contribution in [1.29, 1.82) is 0 Å². The molecule has 0 unspecified atom stereocenters. The number of ether oxygens (including phenoxy) is 2. The summed E-state index contributed by atoms with van der Waals surface area (Å²) in [5.74, 6) is 2.56. The fourth-order valence-electron chi connectivity index (χ4n) is 4.10. The van der Waals surface area contributed by atoms with Crippen LogP contribution in [-0.4, -0.2) is 66.4 Å². The van der Waals surface area contributed by atoms with Gasteiger partial charge in [0, 0.05) is 43.6 Å². The number of aromatic nitrogens is 2. The summed E-state index contributed by atoms with van der Waals surface area (Å²) in [5.41, 5.74) is 2.93. The van der Waals surface area contributed by atoms with Crippen molar-refractivity contribution in [3.05, 3.63) is 46.9 Å². The normalized spacial score (nSPS) is 16.5. The van der Waals surface area contributed by atoms with E-state index in [1.165, 1.54) is 0 Å². The van der Waals surface area contributed by atoms with E-state index in [2.05, 4.69) is 16.3 Å². The maximum Gasteiger partial charge on any atom is 0.318 e. The van der Waals surface area contributed by atoms with E-state index in [1.54, 1.807) is 7.11 Å². The number of carbonyl (C=O) groups excluding carboxylic acids is 1. The topological polar surface area (TPSA) is 79.8 Å². The molecule has 32 heavy (non-hydrogen) atoms. The summed E-state index contributed by atoms with van der Waals surface area (Å²) in [6, 6.07) is 7.97. The van der Waals surface area contributed by atoms with Gasteiger partial charge in [-0.25, -0.2) is 14.8 Å². The van der Waals surface area contributed by atoms with E-state index in [0.717, 1.165) is 53.7 Å². The summed E-state index contributed by atoms with van der Waals surface area (Å²) in [5, 5.41) is 3.07. The Hall–Kier alpha value is -2.87. The quantitative estimate of drug-likeness (QED) is 0.789. The zero-order valence-electron chi connectivity index (χ0n) is 19.5. The predicted molar refractivity (Wildman–Crippen MR) is 123 cm³/mol. The highest BCUT2D eigenvalue weighted by molar-refractivity contribution is 5.75. The Morgan fingerprint density at radius 3 is 2.69 bits per heavy atom. The predicted octanol–water partition coefficient (Wildman–Crippen LogP) is 2.78. The first-order valence-corrected chi connectivity index (χ1v) is 11.2. The highest BCUT2D eigenvalue weighted by Gasteiger charge is 2.29. The van der Waals surface area contributed by atoms with E-state index in [1.807, 2.05) is 43.9 Å². The zero-order valence-corrected chi connectivity index (χ0v) is 19.5. The van der Waals surface area contributed by atoms with Gasteiger partial charge in [0.25, 0.3) is 0 Å². The number of hydrogen-bond acceptors (Lipinski definition) is 6. The molecule has 1 aromatic carbocycles. The molecule has 2 aromatic rings. The Kier molecular flexibility index (Phi) is 6.50. The minimum absolute atomic E-state index is 0.0449. The second kappa shape index (κ2) is 9.32. The van der Waals surface area contributed by atoms with Crippen molar-refractivity contribution in [1.82, 2.24) is 20.2 Å². The first kappa shape index (κ1) is 22.3. The lowest BCUT2D eigenvalue weighted by Gasteiger charge is -2.35. The molecule has 172 valence electrons. The number of amides is 2.